The Balaban J connectivity index is 1.35. The van der Waals surface area contributed by atoms with E-state index in [0.29, 0.717) is 12.6 Å². The van der Waals surface area contributed by atoms with Gasteiger partial charge in [0.05, 0.1) is 18.1 Å². The number of fused-ring (bicyclic) bond motifs is 1. The van der Waals surface area contributed by atoms with Crippen LogP contribution >= 0.6 is 0 Å². The fourth-order valence-electron chi connectivity index (χ4n) is 4.50. The van der Waals surface area contributed by atoms with E-state index in [1.165, 1.54) is 5.56 Å². The highest BCUT2D eigenvalue weighted by atomic mass is 16.2. The number of carbonyl (C=O) groups excluding carboxylic acids is 1. The van der Waals surface area contributed by atoms with Gasteiger partial charge in [0, 0.05) is 56.2 Å². The average molecular weight is 380 g/mol. The fraction of sp³-hybridized carbons (Fsp3) is 0.500. The van der Waals surface area contributed by atoms with Crippen LogP contribution in [0.4, 0.5) is 5.69 Å². The standard InChI is InChI=1S/C22H29N5O/c1-16-11-19(12-17-5-3-8-24-22(16)17)25-18-7-10-26(14-18)15-21(28)27-9-4-6-20(27)13-23-2/h3,5,8,11-13,18,20,25H,4,6-7,9-10,14-15H2,1-2H3/t18-,20+/m1/s1. The van der Waals surface area contributed by atoms with Gasteiger partial charge in [-0.15, -0.1) is 0 Å². The number of aryl methyl sites for hydroxylation is 1. The summed E-state index contributed by atoms with van der Waals surface area (Å²) in [6.45, 7) is 5.32. The molecular weight excluding hydrogens is 350 g/mol. The average Bonchev–Trinajstić information content (AvgIpc) is 3.32. The van der Waals surface area contributed by atoms with Gasteiger partial charge < -0.3 is 10.2 Å². The van der Waals surface area contributed by atoms with E-state index < -0.39 is 0 Å². The lowest BCUT2D eigenvalue weighted by Gasteiger charge is -2.25. The van der Waals surface area contributed by atoms with Gasteiger partial charge in [0.2, 0.25) is 5.91 Å². The zero-order valence-corrected chi connectivity index (χ0v) is 16.8. The summed E-state index contributed by atoms with van der Waals surface area (Å²) in [4.78, 5) is 25.6. The van der Waals surface area contributed by atoms with Crippen molar-refractivity contribution in [3.63, 3.8) is 0 Å². The summed E-state index contributed by atoms with van der Waals surface area (Å²) >= 11 is 0. The Labute approximate surface area is 166 Å². The van der Waals surface area contributed by atoms with Crippen LogP contribution in [-0.2, 0) is 4.79 Å². The van der Waals surface area contributed by atoms with Gasteiger partial charge in [0.1, 0.15) is 0 Å². The van der Waals surface area contributed by atoms with Crippen molar-refractivity contribution in [2.75, 3.05) is 38.5 Å². The molecule has 6 heteroatoms. The number of nitrogens with zero attached hydrogens (tertiary/aromatic N) is 4. The van der Waals surface area contributed by atoms with Crippen molar-refractivity contribution in [1.82, 2.24) is 14.8 Å². The molecule has 28 heavy (non-hydrogen) atoms. The topological polar surface area (TPSA) is 60.8 Å². The highest BCUT2D eigenvalue weighted by Gasteiger charge is 2.30. The Morgan fingerprint density at radius 3 is 3.11 bits per heavy atom. The van der Waals surface area contributed by atoms with Gasteiger partial charge in [-0.1, -0.05) is 6.07 Å². The van der Waals surface area contributed by atoms with Gasteiger partial charge in [0.25, 0.3) is 0 Å². The molecule has 0 saturated carbocycles. The molecule has 1 N–H and O–H groups in total. The second kappa shape index (κ2) is 8.27. The number of pyridine rings is 1. The second-order valence-corrected chi connectivity index (χ2v) is 7.94. The summed E-state index contributed by atoms with van der Waals surface area (Å²) in [6, 6.07) is 8.97. The second-order valence-electron chi connectivity index (χ2n) is 7.94. The predicted molar refractivity (Wildman–Crippen MR) is 114 cm³/mol. The first-order valence-corrected chi connectivity index (χ1v) is 10.2. The SMILES string of the molecule is CN=C[C@@H]1CCCN1C(=O)CN1CC[C@@H](Nc2cc(C)c3ncccc3c2)C1. The molecule has 2 saturated heterocycles. The smallest absolute Gasteiger partial charge is 0.237 e. The maximum atomic E-state index is 12.7. The minimum Gasteiger partial charge on any atom is -0.381 e. The first kappa shape index (κ1) is 18.9. The third kappa shape index (κ3) is 4.02. The van der Waals surface area contributed by atoms with E-state index in [9.17, 15) is 4.79 Å². The number of amides is 1. The highest BCUT2D eigenvalue weighted by Crippen LogP contribution is 2.24. The van der Waals surface area contributed by atoms with Crippen LogP contribution in [0.5, 0.6) is 0 Å². The van der Waals surface area contributed by atoms with E-state index in [4.69, 9.17) is 0 Å². The first-order chi connectivity index (χ1) is 13.6. The van der Waals surface area contributed by atoms with E-state index in [2.05, 4.69) is 45.3 Å². The van der Waals surface area contributed by atoms with E-state index in [1.54, 1.807) is 7.05 Å². The minimum atomic E-state index is 0.184. The molecule has 2 aromatic rings. The van der Waals surface area contributed by atoms with E-state index >= 15 is 0 Å². The van der Waals surface area contributed by atoms with Crippen LogP contribution in [0.1, 0.15) is 24.8 Å². The molecule has 4 rings (SSSR count). The van der Waals surface area contributed by atoms with Crippen molar-refractivity contribution in [3.8, 4) is 0 Å². The van der Waals surface area contributed by atoms with Crippen molar-refractivity contribution in [1.29, 1.82) is 0 Å². The van der Waals surface area contributed by atoms with Gasteiger partial charge in [-0.05, 0) is 49.9 Å². The van der Waals surface area contributed by atoms with Crippen molar-refractivity contribution in [3.05, 3.63) is 36.0 Å². The predicted octanol–water partition coefficient (Wildman–Crippen LogP) is 2.72. The molecule has 148 valence electrons. The monoisotopic (exact) mass is 379 g/mol. The molecule has 2 aliphatic heterocycles. The van der Waals surface area contributed by atoms with Gasteiger partial charge >= 0.3 is 0 Å². The summed E-state index contributed by atoms with van der Waals surface area (Å²) in [6.07, 6.45) is 6.91. The van der Waals surface area contributed by atoms with Gasteiger partial charge in [-0.25, -0.2) is 0 Å². The number of benzene rings is 1. The number of aromatic nitrogens is 1. The molecule has 2 atom stereocenters. The third-order valence-corrected chi connectivity index (χ3v) is 5.84. The molecule has 1 amide bonds. The van der Waals surface area contributed by atoms with Crippen LogP contribution < -0.4 is 5.32 Å². The first-order valence-electron chi connectivity index (χ1n) is 10.2. The Morgan fingerprint density at radius 1 is 1.36 bits per heavy atom. The number of aliphatic imine (C=N–C) groups is 1. The molecule has 0 unspecified atom stereocenters. The molecule has 0 radical (unpaired) electrons. The molecule has 0 aliphatic carbocycles. The molecule has 3 heterocycles. The van der Waals surface area contributed by atoms with Gasteiger partial charge in [-0.3, -0.25) is 19.7 Å². The quantitative estimate of drug-likeness (QED) is 0.812. The van der Waals surface area contributed by atoms with Crippen LogP contribution in [0, 0.1) is 6.92 Å². The number of carbonyl (C=O) groups is 1. The lowest BCUT2D eigenvalue weighted by atomic mass is 10.1. The molecule has 0 bridgehead atoms. The number of hydrogen-bond donors (Lipinski definition) is 1. The molecular formula is C22H29N5O. The summed E-state index contributed by atoms with van der Waals surface area (Å²) in [5.74, 6) is 0.232. The van der Waals surface area contributed by atoms with E-state index in [1.807, 2.05) is 23.4 Å². The van der Waals surface area contributed by atoms with E-state index in [0.717, 1.165) is 55.5 Å². The van der Waals surface area contributed by atoms with Crippen molar-refractivity contribution < 1.29 is 4.79 Å². The Kier molecular flexibility index (Phi) is 5.57. The zero-order chi connectivity index (χ0) is 19.5. The van der Waals surface area contributed by atoms with Crippen LogP contribution in [0.3, 0.4) is 0 Å². The number of rotatable bonds is 5. The number of nitrogens with one attached hydrogen (secondary N) is 1. The third-order valence-electron chi connectivity index (χ3n) is 5.84. The maximum Gasteiger partial charge on any atom is 0.237 e. The molecule has 2 aliphatic rings. The molecule has 1 aromatic carbocycles. The van der Waals surface area contributed by atoms with Crippen LogP contribution in [-0.4, -0.2) is 72.2 Å². The van der Waals surface area contributed by atoms with Gasteiger partial charge in [-0.2, -0.15) is 0 Å². The summed E-state index contributed by atoms with van der Waals surface area (Å²) in [5, 5.41) is 4.82. The number of hydrogen-bond acceptors (Lipinski definition) is 5. The number of likely N-dealkylation sites (tertiary alicyclic amines) is 2. The Morgan fingerprint density at radius 2 is 2.25 bits per heavy atom. The van der Waals surface area contributed by atoms with Gasteiger partial charge in [0.15, 0.2) is 0 Å². The lowest BCUT2D eigenvalue weighted by Crippen LogP contribution is -2.43. The molecule has 2 fully saturated rings. The molecule has 6 nitrogen and oxygen atoms in total. The van der Waals surface area contributed by atoms with Crippen LogP contribution in [0.25, 0.3) is 10.9 Å². The van der Waals surface area contributed by atoms with Crippen molar-refractivity contribution in [2.24, 2.45) is 4.99 Å². The minimum absolute atomic E-state index is 0.184. The molecule has 1 aromatic heterocycles. The summed E-state index contributed by atoms with van der Waals surface area (Å²) in [7, 11) is 1.78. The summed E-state index contributed by atoms with van der Waals surface area (Å²) < 4.78 is 0. The van der Waals surface area contributed by atoms with Crippen LogP contribution in [0.2, 0.25) is 0 Å². The molecule has 0 spiro atoms. The fourth-order valence-corrected chi connectivity index (χ4v) is 4.50. The normalized spacial score (nSPS) is 23.1. The van der Waals surface area contributed by atoms with Crippen LogP contribution in [0.15, 0.2) is 35.5 Å². The maximum absolute atomic E-state index is 12.7. The van der Waals surface area contributed by atoms with E-state index in [-0.39, 0.29) is 11.9 Å². The van der Waals surface area contributed by atoms with Crippen molar-refractivity contribution in [2.45, 2.75) is 38.3 Å². The summed E-state index contributed by atoms with van der Waals surface area (Å²) in [5.41, 5.74) is 3.38. The number of anilines is 1. The van der Waals surface area contributed by atoms with Crippen molar-refractivity contribution >= 4 is 28.7 Å². The zero-order valence-electron chi connectivity index (χ0n) is 16.8. The Bertz CT molecular complexity index is 880. The largest absolute Gasteiger partial charge is 0.381 e. The lowest BCUT2D eigenvalue weighted by molar-refractivity contribution is -0.131. The Hall–Kier alpha value is -2.47. The highest BCUT2D eigenvalue weighted by molar-refractivity contribution is 5.85.